The van der Waals surface area contributed by atoms with Gasteiger partial charge in [0.05, 0.1) is 11.3 Å². The molecule has 0 saturated carbocycles. The van der Waals surface area contributed by atoms with Crippen molar-refractivity contribution < 1.29 is 18.7 Å². The number of hydrogen-bond donors (Lipinski definition) is 1. The molecule has 21 heavy (non-hydrogen) atoms. The third-order valence-electron chi connectivity index (χ3n) is 2.54. The number of nitrogens with one attached hydrogen (secondary N) is 1. The lowest BCUT2D eigenvalue weighted by atomic mass is 10.2. The molecular weight excluding hydrogens is 297 g/mol. The van der Waals surface area contributed by atoms with Crippen LogP contribution < -0.4 is 10.1 Å². The van der Waals surface area contributed by atoms with E-state index in [0.29, 0.717) is 5.02 Å². The number of amides is 1. The first kappa shape index (κ1) is 15.0. The van der Waals surface area contributed by atoms with Crippen LogP contribution in [0, 0.1) is 5.82 Å². The molecule has 6 heteroatoms. The summed E-state index contributed by atoms with van der Waals surface area (Å²) in [4.78, 5) is 23.1. The monoisotopic (exact) mass is 307 g/mol. The van der Waals surface area contributed by atoms with Gasteiger partial charge in [0.2, 0.25) is 5.91 Å². The van der Waals surface area contributed by atoms with E-state index in [1.807, 2.05) is 0 Å². The van der Waals surface area contributed by atoms with E-state index in [1.165, 1.54) is 25.1 Å². The molecule has 0 heterocycles. The molecule has 0 unspecified atom stereocenters. The first-order chi connectivity index (χ1) is 9.95. The van der Waals surface area contributed by atoms with Gasteiger partial charge in [-0.1, -0.05) is 11.6 Å². The maximum Gasteiger partial charge on any atom is 0.343 e. The molecule has 0 fully saturated rings. The Labute approximate surface area is 125 Å². The number of halogens is 2. The van der Waals surface area contributed by atoms with Crippen molar-refractivity contribution in [1.29, 1.82) is 0 Å². The van der Waals surface area contributed by atoms with Gasteiger partial charge in [-0.15, -0.1) is 0 Å². The van der Waals surface area contributed by atoms with Crippen molar-refractivity contribution in [2.24, 2.45) is 0 Å². The summed E-state index contributed by atoms with van der Waals surface area (Å²) >= 11 is 5.73. The quantitative estimate of drug-likeness (QED) is 0.695. The minimum Gasteiger partial charge on any atom is -0.421 e. The SMILES string of the molecule is CC(=O)Nc1ccc(F)cc1OC(=O)c1ccc(Cl)cc1. The van der Waals surface area contributed by atoms with Gasteiger partial charge in [-0.2, -0.15) is 0 Å². The number of esters is 1. The van der Waals surface area contributed by atoms with Crippen molar-refractivity contribution in [3.63, 3.8) is 0 Å². The van der Waals surface area contributed by atoms with Gasteiger partial charge in [-0.3, -0.25) is 4.79 Å². The van der Waals surface area contributed by atoms with Crippen LogP contribution in [0.2, 0.25) is 5.02 Å². The van der Waals surface area contributed by atoms with Crippen molar-refractivity contribution in [3.8, 4) is 5.75 Å². The Morgan fingerprint density at radius 2 is 1.81 bits per heavy atom. The fourth-order valence-corrected chi connectivity index (χ4v) is 1.74. The standard InChI is InChI=1S/C15H11ClFNO3/c1-9(19)18-13-7-6-12(17)8-14(13)21-15(20)10-2-4-11(16)5-3-10/h2-8H,1H3,(H,18,19). The van der Waals surface area contributed by atoms with Gasteiger partial charge < -0.3 is 10.1 Å². The molecule has 0 aliphatic heterocycles. The minimum atomic E-state index is -0.677. The largest absolute Gasteiger partial charge is 0.421 e. The normalized spacial score (nSPS) is 10.0. The summed E-state index contributed by atoms with van der Waals surface area (Å²) in [6, 6.07) is 9.56. The lowest BCUT2D eigenvalue weighted by Crippen LogP contribution is -2.12. The lowest BCUT2D eigenvalue weighted by Gasteiger charge is -2.10. The Morgan fingerprint density at radius 3 is 2.43 bits per heavy atom. The first-order valence-corrected chi connectivity index (χ1v) is 6.38. The highest BCUT2D eigenvalue weighted by molar-refractivity contribution is 6.30. The first-order valence-electron chi connectivity index (χ1n) is 6.00. The molecule has 0 aliphatic carbocycles. The number of rotatable bonds is 3. The average Bonchev–Trinajstić information content (AvgIpc) is 2.42. The molecule has 0 saturated heterocycles. The highest BCUT2D eigenvalue weighted by Crippen LogP contribution is 2.26. The Kier molecular flexibility index (Phi) is 4.55. The molecule has 0 aromatic heterocycles. The van der Waals surface area contributed by atoms with E-state index < -0.39 is 11.8 Å². The number of anilines is 1. The summed E-state index contributed by atoms with van der Waals surface area (Å²) in [6.07, 6.45) is 0. The number of ether oxygens (including phenoxy) is 1. The molecule has 0 bridgehead atoms. The third kappa shape index (κ3) is 4.03. The van der Waals surface area contributed by atoms with Gasteiger partial charge in [0.25, 0.3) is 0 Å². The molecule has 1 N–H and O–H groups in total. The molecule has 0 atom stereocenters. The second kappa shape index (κ2) is 6.37. The van der Waals surface area contributed by atoms with Crippen LogP contribution in [0.15, 0.2) is 42.5 Å². The van der Waals surface area contributed by atoms with Crippen LogP contribution in [0.1, 0.15) is 17.3 Å². The van der Waals surface area contributed by atoms with E-state index in [2.05, 4.69) is 5.32 Å². The number of hydrogen-bond acceptors (Lipinski definition) is 3. The fourth-order valence-electron chi connectivity index (χ4n) is 1.62. The second-order valence-electron chi connectivity index (χ2n) is 4.22. The summed E-state index contributed by atoms with van der Waals surface area (Å²) in [5.74, 6) is -1.68. The number of carbonyl (C=O) groups excluding carboxylic acids is 2. The van der Waals surface area contributed by atoms with E-state index >= 15 is 0 Å². The van der Waals surface area contributed by atoms with Gasteiger partial charge in [0.1, 0.15) is 5.82 Å². The highest BCUT2D eigenvalue weighted by Gasteiger charge is 2.13. The zero-order valence-corrected chi connectivity index (χ0v) is 11.8. The van der Waals surface area contributed by atoms with Crippen LogP contribution in [0.25, 0.3) is 0 Å². The topological polar surface area (TPSA) is 55.4 Å². The summed E-state index contributed by atoms with van der Waals surface area (Å²) in [7, 11) is 0. The summed E-state index contributed by atoms with van der Waals surface area (Å²) in [6.45, 7) is 1.30. The lowest BCUT2D eigenvalue weighted by molar-refractivity contribution is -0.114. The maximum absolute atomic E-state index is 13.3. The molecule has 2 rings (SSSR count). The van der Waals surface area contributed by atoms with Crippen LogP contribution in [0.4, 0.5) is 10.1 Å². The number of carbonyl (C=O) groups is 2. The van der Waals surface area contributed by atoms with Crippen LogP contribution in [-0.2, 0) is 4.79 Å². The molecule has 0 aliphatic rings. The molecule has 1 amide bonds. The molecule has 2 aromatic rings. The zero-order valence-electron chi connectivity index (χ0n) is 11.0. The summed E-state index contributed by atoms with van der Waals surface area (Å²) in [5, 5.41) is 2.95. The van der Waals surface area contributed by atoms with E-state index in [-0.39, 0.29) is 22.9 Å². The van der Waals surface area contributed by atoms with Crippen LogP contribution in [0.3, 0.4) is 0 Å². The van der Waals surface area contributed by atoms with Gasteiger partial charge >= 0.3 is 5.97 Å². The van der Waals surface area contributed by atoms with Crippen molar-refractivity contribution in [2.45, 2.75) is 6.92 Å². The molecule has 0 radical (unpaired) electrons. The average molecular weight is 308 g/mol. The van der Waals surface area contributed by atoms with Gasteiger partial charge in [0, 0.05) is 18.0 Å². The van der Waals surface area contributed by atoms with Gasteiger partial charge in [-0.05, 0) is 36.4 Å². The number of benzene rings is 2. The Bertz CT molecular complexity index is 686. The zero-order chi connectivity index (χ0) is 15.4. The molecule has 4 nitrogen and oxygen atoms in total. The Morgan fingerprint density at radius 1 is 1.14 bits per heavy atom. The van der Waals surface area contributed by atoms with Gasteiger partial charge in [-0.25, -0.2) is 9.18 Å². The van der Waals surface area contributed by atoms with E-state index in [9.17, 15) is 14.0 Å². The van der Waals surface area contributed by atoms with Crippen LogP contribution in [0.5, 0.6) is 5.75 Å². The van der Waals surface area contributed by atoms with Crippen molar-refractivity contribution in [1.82, 2.24) is 0 Å². The van der Waals surface area contributed by atoms with Crippen molar-refractivity contribution in [2.75, 3.05) is 5.32 Å². The predicted molar refractivity (Wildman–Crippen MR) is 77.1 cm³/mol. The Hall–Kier alpha value is -2.40. The minimum absolute atomic E-state index is 0.0647. The predicted octanol–water partition coefficient (Wildman–Crippen LogP) is 3.66. The van der Waals surface area contributed by atoms with Crippen LogP contribution >= 0.6 is 11.6 Å². The van der Waals surface area contributed by atoms with E-state index in [4.69, 9.17) is 16.3 Å². The Balaban J connectivity index is 2.25. The van der Waals surface area contributed by atoms with Crippen molar-refractivity contribution in [3.05, 3.63) is 58.9 Å². The van der Waals surface area contributed by atoms with E-state index in [1.54, 1.807) is 12.1 Å². The highest BCUT2D eigenvalue weighted by atomic mass is 35.5. The van der Waals surface area contributed by atoms with Gasteiger partial charge in [0.15, 0.2) is 5.75 Å². The third-order valence-corrected chi connectivity index (χ3v) is 2.79. The second-order valence-corrected chi connectivity index (χ2v) is 4.65. The molecular formula is C15H11ClFNO3. The maximum atomic E-state index is 13.3. The molecule has 2 aromatic carbocycles. The summed E-state index contributed by atoms with van der Waals surface area (Å²) < 4.78 is 18.4. The molecule has 108 valence electrons. The van der Waals surface area contributed by atoms with Crippen LogP contribution in [-0.4, -0.2) is 11.9 Å². The fraction of sp³-hybridized carbons (Fsp3) is 0.0667. The van der Waals surface area contributed by atoms with Crippen molar-refractivity contribution >= 4 is 29.2 Å². The smallest absolute Gasteiger partial charge is 0.343 e. The molecule has 0 spiro atoms. The summed E-state index contributed by atoms with van der Waals surface area (Å²) in [5.41, 5.74) is 0.476. The van der Waals surface area contributed by atoms with E-state index in [0.717, 1.165) is 12.1 Å².